The predicted octanol–water partition coefficient (Wildman–Crippen LogP) is 1.44. The third kappa shape index (κ3) is 2.96. The van der Waals surface area contributed by atoms with Crippen molar-refractivity contribution < 1.29 is 27.4 Å². The van der Waals surface area contributed by atoms with E-state index in [1.165, 1.54) is 0 Å². The van der Waals surface area contributed by atoms with Gasteiger partial charge in [0.25, 0.3) is 5.69 Å². The first-order valence-electron chi connectivity index (χ1n) is 4.33. The van der Waals surface area contributed by atoms with Gasteiger partial charge in [0.1, 0.15) is 0 Å². The van der Waals surface area contributed by atoms with Gasteiger partial charge in [-0.2, -0.15) is 0 Å². The highest BCUT2D eigenvalue weighted by atomic mass is 19.4. The maximum Gasteiger partial charge on any atom is 0.509 e. The number of carbonyl (C=O) groups is 1. The lowest BCUT2D eigenvalue weighted by atomic mass is 9.79. The van der Waals surface area contributed by atoms with Gasteiger partial charge in [-0.3, -0.25) is 10.1 Å². The van der Waals surface area contributed by atoms with E-state index in [0.717, 1.165) is 13.2 Å². The number of rotatable bonds is 3. The minimum absolute atomic E-state index is 0.381. The fraction of sp³-hybridized carbons (Fsp3) is 0.125. The average Bonchev–Trinajstić information content (AvgIpc) is 2.26. The second kappa shape index (κ2) is 4.44. The van der Waals surface area contributed by atoms with Crippen LogP contribution in [-0.4, -0.2) is 25.0 Å². The second-order valence-electron chi connectivity index (χ2n) is 3.14. The summed E-state index contributed by atoms with van der Waals surface area (Å²) >= 11 is 0. The Kier molecular flexibility index (Phi) is 3.40. The zero-order chi connectivity index (χ0) is 13.2. The number of nitro benzene ring substituents is 1. The van der Waals surface area contributed by atoms with Crippen LogP contribution in [0, 0.1) is 10.1 Å². The minimum atomic E-state index is -5.42. The Morgan fingerprint density at radius 1 is 1.35 bits per heavy atom. The van der Waals surface area contributed by atoms with E-state index < -0.39 is 34.6 Å². The number of methoxy groups -OCH3 is 1. The molecule has 0 amide bonds. The molecule has 0 saturated carbocycles. The van der Waals surface area contributed by atoms with E-state index >= 15 is 0 Å². The molecule has 1 aromatic carbocycles. The molecule has 1 aromatic rings. The van der Waals surface area contributed by atoms with Gasteiger partial charge >= 0.3 is 12.9 Å². The number of carbonyl (C=O) groups excluding carboxylic acids is 1. The van der Waals surface area contributed by atoms with Gasteiger partial charge in [-0.05, 0) is 6.07 Å². The summed E-state index contributed by atoms with van der Waals surface area (Å²) in [7, 11) is 0.972. The van der Waals surface area contributed by atoms with Crippen LogP contribution >= 0.6 is 0 Å². The Morgan fingerprint density at radius 2 is 1.94 bits per heavy atom. The van der Waals surface area contributed by atoms with Crippen molar-refractivity contribution in [1.82, 2.24) is 0 Å². The lowest BCUT2D eigenvalue weighted by Gasteiger charge is -2.15. The number of ether oxygens (including phenoxy) is 1. The van der Waals surface area contributed by atoms with Gasteiger partial charge in [0.2, 0.25) is 0 Å². The maximum atomic E-state index is 12.5. The summed E-state index contributed by atoms with van der Waals surface area (Å²) in [4.78, 5) is 20.5. The van der Waals surface area contributed by atoms with Crippen molar-refractivity contribution in [3.8, 4) is 0 Å². The molecule has 0 aromatic heterocycles. The number of non-ortho nitro benzene ring substituents is 1. The first kappa shape index (κ1) is 13.0. The molecule has 17 heavy (non-hydrogen) atoms. The van der Waals surface area contributed by atoms with Gasteiger partial charge < -0.3 is 17.7 Å². The Hall–Kier alpha value is -2.06. The number of hydrogen-bond acceptors (Lipinski definition) is 4. The highest BCUT2D eigenvalue weighted by Gasteiger charge is 2.29. The van der Waals surface area contributed by atoms with E-state index in [-0.39, 0.29) is 0 Å². The van der Waals surface area contributed by atoms with E-state index in [1.807, 2.05) is 0 Å². The van der Waals surface area contributed by atoms with Crippen molar-refractivity contribution >= 4 is 24.1 Å². The Labute approximate surface area is 93.4 Å². The van der Waals surface area contributed by atoms with Crippen LogP contribution < -0.4 is 5.46 Å². The minimum Gasteiger partial charge on any atom is -0.465 e. The topological polar surface area (TPSA) is 69.4 Å². The summed E-state index contributed by atoms with van der Waals surface area (Å²) in [6.07, 6.45) is 0. The first-order chi connectivity index (χ1) is 7.75. The van der Waals surface area contributed by atoms with Crippen LogP contribution in [0.1, 0.15) is 10.4 Å². The van der Waals surface area contributed by atoms with Gasteiger partial charge in [0.15, 0.2) is 0 Å². The van der Waals surface area contributed by atoms with Crippen molar-refractivity contribution in [3.63, 3.8) is 0 Å². The molecule has 0 radical (unpaired) electrons. The summed E-state index contributed by atoms with van der Waals surface area (Å²) in [5, 5.41) is 10.4. The molecule has 0 unspecified atom stereocenters. The zero-order valence-electron chi connectivity index (χ0n) is 8.52. The first-order valence-corrected chi connectivity index (χ1v) is 4.33. The fourth-order valence-corrected chi connectivity index (χ4v) is 1.16. The Bertz CT molecular complexity index is 474. The van der Waals surface area contributed by atoms with Crippen molar-refractivity contribution in [2.75, 3.05) is 7.11 Å². The second-order valence-corrected chi connectivity index (χ2v) is 3.14. The summed E-state index contributed by atoms with van der Waals surface area (Å²) < 4.78 is 41.6. The molecular weight excluding hydrogens is 242 g/mol. The van der Waals surface area contributed by atoms with Crippen molar-refractivity contribution in [1.29, 1.82) is 0 Å². The zero-order valence-corrected chi connectivity index (χ0v) is 8.52. The molecule has 9 heteroatoms. The molecule has 92 valence electrons. The highest BCUT2D eigenvalue weighted by Crippen LogP contribution is 2.17. The third-order valence-electron chi connectivity index (χ3n) is 1.95. The van der Waals surface area contributed by atoms with Gasteiger partial charge in [-0.1, -0.05) is 6.07 Å². The molecule has 0 N–H and O–H groups in total. The van der Waals surface area contributed by atoms with Gasteiger partial charge in [-0.25, -0.2) is 4.79 Å². The molecule has 0 bridgehead atoms. The van der Waals surface area contributed by atoms with Crippen LogP contribution in [0.2, 0.25) is 0 Å². The Morgan fingerprint density at radius 3 is 2.35 bits per heavy atom. The molecule has 0 aliphatic carbocycles. The average molecular weight is 248 g/mol. The van der Waals surface area contributed by atoms with E-state index in [0.29, 0.717) is 12.1 Å². The van der Waals surface area contributed by atoms with Crippen molar-refractivity contribution in [3.05, 3.63) is 33.9 Å². The Balaban J connectivity index is 3.39. The molecule has 0 aliphatic rings. The third-order valence-corrected chi connectivity index (χ3v) is 1.95. The van der Waals surface area contributed by atoms with E-state index in [9.17, 15) is 27.9 Å². The number of esters is 1. The predicted molar refractivity (Wildman–Crippen MR) is 53.1 cm³/mol. The molecule has 0 fully saturated rings. The van der Waals surface area contributed by atoms with Crippen molar-refractivity contribution in [2.45, 2.75) is 0 Å². The molecule has 0 heterocycles. The molecule has 1 rings (SSSR count). The smallest absolute Gasteiger partial charge is 0.465 e. The normalized spacial score (nSPS) is 11.1. The van der Waals surface area contributed by atoms with Crippen LogP contribution in [-0.2, 0) is 4.74 Å². The van der Waals surface area contributed by atoms with Crippen LogP contribution in [0.3, 0.4) is 0 Å². The number of hydrogen-bond donors (Lipinski definition) is 0. The van der Waals surface area contributed by atoms with Crippen LogP contribution in [0.25, 0.3) is 0 Å². The number of benzene rings is 1. The lowest BCUT2D eigenvalue weighted by molar-refractivity contribution is -0.384. The molecule has 0 aliphatic heterocycles. The van der Waals surface area contributed by atoms with E-state index in [2.05, 4.69) is 4.74 Å². The maximum absolute atomic E-state index is 12.5. The summed E-state index contributed by atoms with van der Waals surface area (Å²) in [5.74, 6) is -1.06. The fourth-order valence-electron chi connectivity index (χ4n) is 1.16. The molecular formula is C8H6BF3NO4-. The molecule has 0 saturated heterocycles. The SMILES string of the molecule is COC(=O)c1cc([N+](=O)[O-])cc([B-](F)(F)F)c1. The number of halogens is 3. The van der Waals surface area contributed by atoms with Crippen LogP contribution in [0.5, 0.6) is 0 Å². The summed E-state index contributed by atoms with van der Waals surface area (Å²) in [6.45, 7) is -5.42. The number of nitro groups is 1. The lowest BCUT2D eigenvalue weighted by Crippen LogP contribution is -2.34. The molecule has 0 spiro atoms. The highest BCUT2D eigenvalue weighted by molar-refractivity contribution is 6.73. The molecule has 0 atom stereocenters. The van der Waals surface area contributed by atoms with Gasteiger partial charge in [0.05, 0.1) is 17.6 Å². The van der Waals surface area contributed by atoms with Gasteiger partial charge in [0, 0.05) is 6.07 Å². The largest absolute Gasteiger partial charge is 0.509 e. The van der Waals surface area contributed by atoms with E-state index in [1.54, 1.807) is 0 Å². The monoisotopic (exact) mass is 248 g/mol. The molecule has 5 nitrogen and oxygen atoms in total. The van der Waals surface area contributed by atoms with Gasteiger partial charge in [-0.15, -0.1) is 5.46 Å². The summed E-state index contributed by atoms with van der Waals surface area (Å²) in [5.41, 5.74) is -2.52. The standard InChI is InChI=1S/C8H6BF3NO4/c1-17-8(14)5-2-6(9(10,11)12)4-7(3-5)13(15)16/h2-4H,1H3/q-1. The quantitative estimate of drug-likeness (QED) is 0.351. The van der Waals surface area contributed by atoms with Crippen molar-refractivity contribution in [2.24, 2.45) is 0 Å². The van der Waals surface area contributed by atoms with Crippen LogP contribution in [0.15, 0.2) is 18.2 Å². The van der Waals surface area contributed by atoms with E-state index in [4.69, 9.17) is 0 Å². The van der Waals surface area contributed by atoms with Crippen LogP contribution in [0.4, 0.5) is 18.6 Å². The number of nitrogens with zero attached hydrogens (tertiary/aromatic N) is 1. The summed E-state index contributed by atoms with van der Waals surface area (Å²) in [6, 6.07) is 1.64.